The van der Waals surface area contributed by atoms with Crippen LogP contribution in [0.4, 0.5) is 0 Å². The monoisotopic (exact) mass is 269 g/mol. The number of aromatic nitrogens is 3. The summed E-state index contributed by atoms with van der Waals surface area (Å²) in [6, 6.07) is 0. The number of aliphatic hydroxyl groups excluding tert-OH is 1. The highest BCUT2D eigenvalue weighted by Gasteiger charge is 2.18. The Kier molecular flexibility index (Phi) is 6.41. The second kappa shape index (κ2) is 7.57. The van der Waals surface area contributed by atoms with Crippen LogP contribution in [0.2, 0.25) is 0 Å². The lowest BCUT2D eigenvalue weighted by Gasteiger charge is -2.28. The van der Waals surface area contributed by atoms with Crippen molar-refractivity contribution in [2.75, 3.05) is 33.8 Å². The first-order valence-corrected chi connectivity index (χ1v) is 6.78. The highest BCUT2D eigenvalue weighted by Crippen LogP contribution is 2.14. The van der Waals surface area contributed by atoms with Gasteiger partial charge in [-0.1, -0.05) is 19.1 Å². The maximum atomic E-state index is 8.76. The van der Waals surface area contributed by atoms with E-state index in [0.29, 0.717) is 6.42 Å². The van der Waals surface area contributed by atoms with E-state index in [1.165, 1.54) is 0 Å². The summed E-state index contributed by atoms with van der Waals surface area (Å²) in [5.74, 6) is 0. The Morgan fingerprint density at radius 3 is 2.79 bits per heavy atom. The molecule has 0 saturated heterocycles. The Labute approximate surface area is 115 Å². The molecule has 0 fully saturated rings. The molecule has 0 aliphatic heterocycles. The Morgan fingerprint density at radius 1 is 1.42 bits per heavy atom. The van der Waals surface area contributed by atoms with Crippen LogP contribution in [0.5, 0.6) is 0 Å². The molecule has 2 N–H and O–H groups in total. The first-order valence-electron chi connectivity index (χ1n) is 6.78. The molecule has 1 aromatic heterocycles. The van der Waals surface area contributed by atoms with Gasteiger partial charge in [-0.05, 0) is 25.9 Å². The molecule has 0 amide bonds. The van der Waals surface area contributed by atoms with Crippen LogP contribution in [-0.4, -0.2) is 58.8 Å². The minimum Gasteiger partial charge on any atom is -0.396 e. The summed E-state index contributed by atoms with van der Waals surface area (Å²) in [6.45, 7) is 8.12. The summed E-state index contributed by atoms with van der Waals surface area (Å²) in [5.41, 5.74) is 1.18. The summed E-state index contributed by atoms with van der Waals surface area (Å²) in [5, 5.41) is 20.3. The third kappa shape index (κ3) is 6.66. The smallest absolute Gasteiger partial charge is 0.0964 e. The first-order chi connectivity index (χ1) is 8.93. The Balaban J connectivity index is 2.30. The predicted octanol–water partition coefficient (Wildman–Crippen LogP) is 0.338. The molecule has 6 heteroatoms. The standard InChI is InChI=1S/C13H27N5O/c1-13(2,11-17(3)4)10-14-8-12-9-18(16-15-12)6-5-7-19/h9,14,19H,5-8,10-11H2,1-4H3. The van der Waals surface area contributed by atoms with Gasteiger partial charge in [0.2, 0.25) is 0 Å². The van der Waals surface area contributed by atoms with Gasteiger partial charge in [-0.25, -0.2) is 0 Å². The summed E-state index contributed by atoms with van der Waals surface area (Å²) >= 11 is 0. The molecule has 0 saturated carbocycles. The molecule has 6 nitrogen and oxygen atoms in total. The largest absolute Gasteiger partial charge is 0.396 e. The van der Waals surface area contributed by atoms with E-state index in [9.17, 15) is 0 Å². The number of hydrogen-bond donors (Lipinski definition) is 2. The number of aryl methyl sites for hydroxylation is 1. The lowest BCUT2D eigenvalue weighted by Crippen LogP contribution is -2.37. The topological polar surface area (TPSA) is 66.2 Å². The van der Waals surface area contributed by atoms with Gasteiger partial charge in [-0.3, -0.25) is 4.68 Å². The molecule has 0 atom stereocenters. The molecule has 19 heavy (non-hydrogen) atoms. The quantitative estimate of drug-likeness (QED) is 0.676. The van der Waals surface area contributed by atoms with E-state index in [0.717, 1.165) is 31.9 Å². The van der Waals surface area contributed by atoms with Crippen molar-refractivity contribution in [3.63, 3.8) is 0 Å². The molecule has 1 rings (SSSR count). The molecular weight excluding hydrogens is 242 g/mol. The minimum absolute atomic E-state index is 0.187. The zero-order chi connectivity index (χ0) is 14.3. The fourth-order valence-corrected chi connectivity index (χ4v) is 2.20. The van der Waals surface area contributed by atoms with Gasteiger partial charge in [0, 0.05) is 39.0 Å². The maximum Gasteiger partial charge on any atom is 0.0964 e. The van der Waals surface area contributed by atoms with Crippen molar-refractivity contribution in [3.8, 4) is 0 Å². The summed E-state index contributed by atoms with van der Waals surface area (Å²) in [7, 11) is 4.18. The van der Waals surface area contributed by atoms with Gasteiger partial charge in [0.05, 0.1) is 5.69 Å². The van der Waals surface area contributed by atoms with E-state index in [-0.39, 0.29) is 12.0 Å². The van der Waals surface area contributed by atoms with Gasteiger partial charge in [0.25, 0.3) is 0 Å². The van der Waals surface area contributed by atoms with Crippen LogP contribution in [0.25, 0.3) is 0 Å². The second-order valence-corrected chi connectivity index (χ2v) is 6.06. The summed E-state index contributed by atoms with van der Waals surface area (Å²) in [6.07, 6.45) is 2.65. The van der Waals surface area contributed by atoms with Gasteiger partial charge in [-0.2, -0.15) is 0 Å². The second-order valence-electron chi connectivity index (χ2n) is 6.06. The van der Waals surface area contributed by atoms with Crippen molar-refractivity contribution in [1.82, 2.24) is 25.2 Å². The summed E-state index contributed by atoms with van der Waals surface area (Å²) < 4.78 is 1.78. The zero-order valence-corrected chi connectivity index (χ0v) is 12.6. The van der Waals surface area contributed by atoms with Gasteiger partial charge in [0.1, 0.15) is 0 Å². The number of hydrogen-bond acceptors (Lipinski definition) is 5. The molecule has 0 aliphatic carbocycles. The number of aliphatic hydroxyl groups is 1. The number of nitrogens with zero attached hydrogens (tertiary/aromatic N) is 4. The Morgan fingerprint density at radius 2 is 2.16 bits per heavy atom. The maximum absolute atomic E-state index is 8.76. The molecule has 0 aliphatic rings. The van der Waals surface area contributed by atoms with Gasteiger partial charge in [0.15, 0.2) is 0 Å². The normalized spacial score (nSPS) is 12.3. The van der Waals surface area contributed by atoms with Gasteiger partial charge in [-0.15, -0.1) is 5.10 Å². The van der Waals surface area contributed by atoms with Crippen molar-refractivity contribution in [1.29, 1.82) is 0 Å². The Bertz CT molecular complexity index is 362. The average molecular weight is 269 g/mol. The van der Waals surface area contributed by atoms with Crippen LogP contribution in [0.15, 0.2) is 6.20 Å². The highest BCUT2D eigenvalue weighted by atomic mass is 16.3. The van der Waals surface area contributed by atoms with Crippen molar-refractivity contribution < 1.29 is 5.11 Å². The molecule has 1 heterocycles. The van der Waals surface area contributed by atoms with Crippen molar-refractivity contribution in [2.24, 2.45) is 5.41 Å². The molecule has 0 aromatic carbocycles. The van der Waals surface area contributed by atoms with Crippen LogP contribution in [0, 0.1) is 5.41 Å². The fourth-order valence-electron chi connectivity index (χ4n) is 2.20. The Hall–Kier alpha value is -0.980. The van der Waals surface area contributed by atoms with E-state index in [4.69, 9.17) is 5.11 Å². The van der Waals surface area contributed by atoms with E-state index in [1.807, 2.05) is 6.20 Å². The van der Waals surface area contributed by atoms with E-state index in [1.54, 1.807) is 4.68 Å². The molecule has 0 spiro atoms. The van der Waals surface area contributed by atoms with E-state index >= 15 is 0 Å². The predicted molar refractivity (Wildman–Crippen MR) is 75.8 cm³/mol. The van der Waals surface area contributed by atoms with Crippen LogP contribution >= 0.6 is 0 Å². The van der Waals surface area contributed by atoms with Crippen molar-refractivity contribution >= 4 is 0 Å². The lowest BCUT2D eigenvalue weighted by molar-refractivity contribution is 0.232. The minimum atomic E-state index is 0.187. The molecular formula is C13H27N5O. The zero-order valence-electron chi connectivity index (χ0n) is 12.6. The highest BCUT2D eigenvalue weighted by molar-refractivity contribution is 4.92. The molecule has 0 radical (unpaired) electrons. The van der Waals surface area contributed by atoms with E-state index < -0.39 is 0 Å². The lowest BCUT2D eigenvalue weighted by atomic mass is 9.93. The van der Waals surface area contributed by atoms with E-state index in [2.05, 4.69) is 48.5 Å². The van der Waals surface area contributed by atoms with Gasteiger partial charge >= 0.3 is 0 Å². The first kappa shape index (κ1) is 16.1. The summed E-state index contributed by atoms with van der Waals surface area (Å²) in [4.78, 5) is 2.20. The number of rotatable bonds is 9. The average Bonchev–Trinajstić information content (AvgIpc) is 2.72. The fraction of sp³-hybridized carbons (Fsp3) is 0.846. The van der Waals surface area contributed by atoms with Gasteiger partial charge < -0.3 is 15.3 Å². The third-order valence-electron chi connectivity index (χ3n) is 2.79. The molecule has 0 unspecified atom stereocenters. The van der Waals surface area contributed by atoms with Crippen LogP contribution in [-0.2, 0) is 13.1 Å². The van der Waals surface area contributed by atoms with Crippen molar-refractivity contribution in [2.45, 2.75) is 33.4 Å². The van der Waals surface area contributed by atoms with Crippen LogP contribution in [0.3, 0.4) is 0 Å². The molecule has 0 bridgehead atoms. The molecule has 110 valence electrons. The molecule has 1 aromatic rings. The number of nitrogens with one attached hydrogen (secondary N) is 1. The SMILES string of the molecule is CN(C)CC(C)(C)CNCc1cn(CCCO)nn1. The van der Waals surface area contributed by atoms with Crippen LogP contribution in [0.1, 0.15) is 26.0 Å². The van der Waals surface area contributed by atoms with Crippen molar-refractivity contribution in [3.05, 3.63) is 11.9 Å². The van der Waals surface area contributed by atoms with Crippen LogP contribution < -0.4 is 5.32 Å². The third-order valence-corrected chi connectivity index (χ3v) is 2.79.